The van der Waals surface area contributed by atoms with Gasteiger partial charge in [-0.3, -0.25) is 4.79 Å². The molecule has 0 aromatic rings. The molecule has 0 saturated heterocycles. The molecular formula is C5H12O3. The highest BCUT2D eigenvalue weighted by Gasteiger charge is 1.91. The largest absolute Gasteiger partial charge is 0.466 e. The first-order valence-electron chi connectivity index (χ1n) is 2.46. The smallest absolute Gasteiger partial charge is 0.305 e. The Labute approximate surface area is 49.0 Å². The van der Waals surface area contributed by atoms with Crippen LogP contribution in [0.1, 0.15) is 20.3 Å². The average molecular weight is 120 g/mol. The SMILES string of the molecule is CCOC(=O)CC.O. The molecule has 8 heavy (non-hydrogen) atoms. The molecular weight excluding hydrogens is 108 g/mol. The molecule has 0 aliphatic heterocycles. The van der Waals surface area contributed by atoms with Gasteiger partial charge in [0.05, 0.1) is 6.61 Å². The summed E-state index contributed by atoms with van der Waals surface area (Å²) in [7, 11) is 0. The molecule has 0 aliphatic rings. The molecule has 3 heteroatoms. The van der Waals surface area contributed by atoms with Crippen molar-refractivity contribution in [3.63, 3.8) is 0 Å². The van der Waals surface area contributed by atoms with Crippen molar-refractivity contribution >= 4 is 5.97 Å². The van der Waals surface area contributed by atoms with Crippen molar-refractivity contribution in [2.45, 2.75) is 20.3 Å². The minimum absolute atomic E-state index is 0. The zero-order valence-electron chi connectivity index (χ0n) is 5.23. The van der Waals surface area contributed by atoms with E-state index in [1.165, 1.54) is 0 Å². The lowest BCUT2D eigenvalue weighted by Gasteiger charge is -1.93. The van der Waals surface area contributed by atoms with Gasteiger partial charge in [0.15, 0.2) is 0 Å². The predicted molar refractivity (Wildman–Crippen MR) is 30.5 cm³/mol. The van der Waals surface area contributed by atoms with Crippen LogP contribution in [0.3, 0.4) is 0 Å². The third kappa shape index (κ3) is 5.43. The number of esters is 1. The van der Waals surface area contributed by atoms with E-state index in [1.807, 2.05) is 0 Å². The highest BCUT2D eigenvalue weighted by atomic mass is 16.5. The lowest BCUT2D eigenvalue weighted by atomic mass is 10.5. The average Bonchev–Trinajstić information content (AvgIpc) is 1.68. The fourth-order valence-electron chi connectivity index (χ4n) is 0.263. The van der Waals surface area contributed by atoms with Crippen LogP contribution >= 0.6 is 0 Å². The standard InChI is InChI=1S/C5H10O2.H2O/c1-3-5(6)7-4-2;/h3-4H2,1-2H3;1H2. The molecule has 0 heterocycles. The van der Waals surface area contributed by atoms with Gasteiger partial charge in [-0.05, 0) is 6.92 Å². The first-order valence-corrected chi connectivity index (χ1v) is 2.46. The summed E-state index contributed by atoms with van der Waals surface area (Å²) in [4.78, 5) is 10.2. The molecule has 0 atom stereocenters. The van der Waals surface area contributed by atoms with Gasteiger partial charge in [-0.25, -0.2) is 0 Å². The fraction of sp³-hybridized carbons (Fsp3) is 0.800. The zero-order valence-corrected chi connectivity index (χ0v) is 5.23. The van der Waals surface area contributed by atoms with Gasteiger partial charge in [0.2, 0.25) is 0 Å². The van der Waals surface area contributed by atoms with Crippen LogP contribution in [0.25, 0.3) is 0 Å². The van der Waals surface area contributed by atoms with E-state index < -0.39 is 0 Å². The molecule has 0 saturated carbocycles. The van der Waals surface area contributed by atoms with E-state index in [4.69, 9.17) is 0 Å². The van der Waals surface area contributed by atoms with Gasteiger partial charge < -0.3 is 10.2 Å². The molecule has 0 aliphatic carbocycles. The minimum atomic E-state index is -0.123. The van der Waals surface area contributed by atoms with E-state index in [0.717, 1.165) is 0 Å². The molecule has 0 rings (SSSR count). The number of hydrogen-bond donors (Lipinski definition) is 0. The van der Waals surface area contributed by atoms with Gasteiger partial charge in [-0.2, -0.15) is 0 Å². The van der Waals surface area contributed by atoms with Gasteiger partial charge in [0.25, 0.3) is 0 Å². The van der Waals surface area contributed by atoms with E-state index in [1.54, 1.807) is 13.8 Å². The van der Waals surface area contributed by atoms with Crippen LogP contribution in [0.5, 0.6) is 0 Å². The maximum absolute atomic E-state index is 10.2. The van der Waals surface area contributed by atoms with Crippen LogP contribution in [0.4, 0.5) is 0 Å². The predicted octanol–water partition coefficient (Wildman–Crippen LogP) is 0.135. The molecule has 0 radical (unpaired) electrons. The minimum Gasteiger partial charge on any atom is -0.466 e. The normalized spacial score (nSPS) is 7.25. The van der Waals surface area contributed by atoms with Gasteiger partial charge in [-0.15, -0.1) is 0 Å². The van der Waals surface area contributed by atoms with Crippen LogP contribution in [-0.4, -0.2) is 18.1 Å². The molecule has 0 aromatic heterocycles. The maximum atomic E-state index is 10.2. The number of rotatable bonds is 2. The Balaban J connectivity index is 0. The Kier molecular flexibility index (Phi) is 8.37. The van der Waals surface area contributed by atoms with E-state index in [9.17, 15) is 4.79 Å². The van der Waals surface area contributed by atoms with Crippen molar-refractivity contribution in [3.05, 3.63) is 0 Å². The van der Waals surface area contributed by atoms with E-state index >= 15 is 0 Å². The lowest BCUT2D eigenvalue weighted by molar-refractivity contribution is -0.142. The van der Waals surface area contributed by atoms with Crippen LogP contribution in [0.15, 0.2) is 0 Å². The van der Waals surface area contributed by atoms with Gasteiger partial charge in [0.1, 0.15) is 0 Å². The quantitative estimate of drug-likeness (QED) is 0.486. The van der Waals surface area contributed by atoms with Crippen LogP contribution in [0, 0.1) is 0 Å². The number of carbonyl (C=O) groups is 1. The van der Waals surface area contributed by atoms with Crippen LogP contribution in [-0.2, 0) is 9.53 Å². The monoisotopic (exact) mass is 120 g/mol. The Morgan fingerprint density at radius 1 is 1.50 bits per heavy atom. The molecule has 0 aromatic carbocycles. The summed E-state index contributed by atoms with van der Waals surface area (Å²) in [6, 6.07) is 0. The molecule has 0 fully saturated rings. The van der Waals surface area contributed by atoms with Crippen LogP contribution in [0.2, 0.25) is 0 Å². The molecule has 2 N–H and O–H groups in total. The second-order valence-electron chi connectivity index (χ2n) is 1.16. The van der Waals surface area contributed by atoms with Gasteiger partial charge >= 0.3 is 5.97 Å². The highest BCUT2D eigenvalue weighted by Crippen LogP contribution is 1.80. The first kappa shape index (κ1) is 10.4. The third-order valence-corrected chi connectivity index (χ3v) is 0.594. The Morgan fingerprint density at radius 2 is 2.00 bits per heavy atom. The Bertz CT molecular complexity index is 60.7. The Hall–Kier alpha value is -0.570. The third-order valence-electron chi connectivity index (χ3n) is 0.594. The molecule has 0 bridgehead atoms. The second-order valence-corrected chi connectivity index (χ2v) is 1.16. The molecule has 3 nitrogen and oxygen atoms in total. The summed E-state index contributed by atoms with van der Waals surface area (Å²) in [6.07, 6.45) is 0.480. The van der Waals surface area contributed by atoms with Crippen molar-refractivity contribution in [3.8, 4) is 0 Å². The summed E-state index contributed by atoms with van der Waals surface area (Å²) in [5, 5.41) is 0. The van der Waals surface area contributed by atoms with Crippen molar-refractivity contribution in [2.75, 3.05) is 6.61 Å². The molecule has 50 valence electrons. The van der Waals surface area contributed by atoms with E-state index in [0.29, 0.717) is 13.0 Å². The maximum Gasteiger partial charge on any atom is 0.305 e. The van der Waals surface area contributed by atoms with Crippen molar-refractivity contribution < 1.29 is 15.0 Å². The second kappa shape index (κ2) is 6.43. The summed E-state index contributed by atoms with van der Waals surface area (Å²) in [6.45, 7) is 4.07. The first-order chi connectivity index (χ1) is 3.31. The summed E-state index contributed by atoms with van der Waals surface area (Å²) in [5.41, 5.74) is 0. The summed E-state index contributed by atoms with van der Waals surface area (Å²) in [5.74, 6) is -0.123. The summed E-state index contributed by atoms with van der Waals surface area (Å²) < 4.78 is 4.55. The number of hydrogen-bond acceptors (Lipinski definition) is 2. The molecule has 0 spiro atoms. The van der Waals surface area contributed by atoms with Crippen LogP contribution < -0.4 is 0 Å². The molecule has 0 amide bonds. The van der Waals surface area contributed by atoms with Gasteiger partial charge in [-0.1, -0.05) is 6.92 Å². The number of carbonyl (C=O) groups excluding carboxylic acids is 1. The zero-order chi connectivity index (χ0) is 5.70. The summed E-state index contributed by atoms with van der Waals surface area (Å²) >= 11 is 0. The van der Waals surface area contributed by atoms with Crippen molar-refractivity contribution in [1.29, 1.82) is 0 Å². The van der Waals surface area contributed by atoms with Gasteiger partial charge in [0, 0.05) is 6.42 Å². The van der Waals surface area contributed by atoms with Crippen molar-refractivity contribution in [1.82, 2.24) is 0 Å². The number of ether oxygens (including phenoxy) is 1. The lowest BCUT2D eigenvalue weighted by Crippen LogP contribution is -2.00. The highest BCUT2D eigenvalue weighted by molar-refractivity contribution is 5.68. The van der Waals surface area contributed by atoms with E-state index in [-0.39, 0.29) is 11.4 Å². The van der Waals surface area contributed by atoms with Crippen molar-refractivity contribution in [2.24, 2.45) is 0 Å². The fourth-order valence-corrected chi connectivity index (χ4v) is 0.263. The Morgan fingerprint density at radius 3 is 2.12 bits per heavy atom. The molecule has 0 unspecified atom stereocenters. The topological polar surface area (TPSA) is 57.8 Å². The van der Waals surface area contributed by atoms with E-state index in [2.05, 4.69) is 4.74 Å².